The first-order valence-corrected chi connectivity index (χ1v) is 7.06. The Labute approximate surface area is 122 Å². The molecule has 0 aliphatic carbocycles. The summed E-state index contributed by atoms with van der Waals surface area (Å²) >= 11 is 0. The maximum absolute atomic E-state index is 13.2. The number of nitrogens with zero attached hydrogens (tertiary/aromatic N) is 2. The van der Waals surface area contributed by atoms with E-state index in [-0.39, 0.29) is 17.6 Å². The van der Waals surface area contributed by atoms with E-state index in [4.69, 9.17) is 4.42 Å². The van der Waals surface area contributed by atoms with Gasteiger partial charge in [0.15, 0.2) is 5.89 Å². The molecular weight excluding hydrogens is 271 g/mol. The average molecular weight is 288 g/mol. The van der Waals surface area contributed by atoms with E-state index in [0.29, 0.717) is 18.9 Å². The lowest BCUT2D eigenvalue weighted by Gasteiger charge is -2.12. The highest BCUT2D eigenvalue weighted by Gasteiger charge is 2.28. The topological polar surface area (TPSA) is 46.3 Å². The highest BCUT2D eigenvalue weighted by Crippen LogP contribution is 2.27. The summed E-state index contributed by atoms with van der Waals surface area (Å²) in [4.78, 5) is 17.5. The first-order valence-electron chi connectivity index (χ1n) is 7.06. The Bertz CT molecular complexity index is 653. The molecule has 1 aromatic carbocycles. The first-order chi connectivity index (χ1) is 10.1. The zero-order valence-corrected chi connectivity index (χ0v) is 11.9. The molecule has 4 nitrogen and oxygen atoms in total. The molecule has 1 amide bonds. The zero-order chi connectivity index (χ0) is 14.8. The van der Waals surface area contributed by atoms with Crippen LogP contribution in [0.2, 0.25) is 0 Å². The van der Waals surface area contributed by atoms with E-state index in [1.54, 1.807) is 24.1 Å². The van der Waals surface area contributed by atoms with Gasteiger partial charge in [0.05, 0.1) is 12.1 Å². The van der Waals surface area contributed by atoms with Gasteiger partial charge in [-0.15, -0.1) is 0 Å². The number of amides is 1. The average Bonchev–Trinajstić information content (AvgIpc) is 3.06. The van der Waals surface area contributed by atoms with Gasteiger partial charge < -0.3 is 9.32 Å². The first kappa shape index (κ1) is 13.8. The lowest BCUT2D eigenvalue weighted by molar-refractivity contribution is -0.127. The van der Waals surface area contributed by atoms with Crippen molar-refractivity contribution in [1.29, 1.82) is 0 Å². The quantitative estimate of drug-likeness (QED) is 0.872. The summed E-state index contributed by atoms with van der Waals surface area (Å²) in [6, 6.07) is 6.46. The zero-order valence-electron chi connectivity index (χ0n) is 11.9. The smallest absolute Gasteiger partial charge is 0.219 e. The van der Waals surface area contributed by atoms with Crippen molar-refractivity contribution in [1.82, 2.24) is 9.88 Å². The molecule has 1 unspecified atom stereocenters. The van der Waals surface area contributed by atoms with E-state index in [0.717, 1.165) is 24.3 Å². The van der Waals surface area contributed by atoms with Crippen LogP contribution in [-0.4, -0.2) is 28.9 Å². The third-order valence-electron chi connectivity index (χ3n) is 3.82. The fourth-order valence-electron chi connectivity index (χ4n) is 2.69. The maximum atomic E-state index is 13.2. The van der Waals surface area contributed by atoms with Gasteiger partial charge in [-0.05, 0) is 24.1 Å². The largest absolute Gasteiger partial charge is 0.445 e. The van der Waals surface area contributed by atoms with Crippen molar-refractivity contribution in [2.75, 3.05) is 13.1 Å². The fraction of sp³-hybridized carbons (Fsp3) is 0.375. The number of rotatable bonds is 3. The SMILES string of the molecule is CC(=O)N1CCC(c2ncc(Cc3cccc(F)c3)o2)C1. The summed E-state index contributed by atoms with van der Waals surface area (Å²) in [5, 5.41) is 0. The van der Waals surface area contributed by atoms with Crippen LogP contribution in [-0.2, 0) is 11.2 Å². The number of benzene rings is 1. The van der Waals surface area contributed by atoms with Crippen LogP contribution in [0.25, 0.3) is 0 Å². The standard InChI is InChI=1S/C16H17FN2O2/c1-11(20)19-6-5-13(10-19)16-18-9-15(21-16)8-12-3-2-4-14(17)7-12/h2-4,7,9,13H,5-6,8,10H2,1H3. The lowest BCUT2D eigenvalue weighted by atomic mass is 10.1. The molecule has 0 radical (unpaired) electrons. The number of carbonyl (C=O) groups excluding carboxylic acids is 1. The minimum Gasteiger partial charge on any atom is -0.445 e. The van der Waals surface area contributed by atoms with Gasteiger partial charge in [-0.3, -0.25) is 4.79 Å². The molecule has 2 heterocycles. The minimum absolute atomic E-state index is 0.0871. The summed E-state index contributed by atoms with van der Waals surface area (Å²) in [6.07, 6.45) is 3.09. The van der Waals surface area contributed by atoms with Crippen LogP contribution >= 0.6 is 0 Å². The van der Waals surface area contributed by atoms with E-state index in [9.17, 15) is 9.18 Å². The van der Waals surface area contributed by atoms with Crippen molar-refractivity contribution in [3.63, 3.8) is 0 Å². The van der Waals surface area contributed by atoms with Crippen molar-refractivity contribution < 1.29 is 13.6 Å². The molecule has 1 aliphatic heterocycles. The Balaban J connectivity index is 1.68. The molecule has 0 saturated carbocycles. The number of aromatic nitrogens is 1. The molecule has 1 saturated heterocycles. The van der Waals surface area contributed by atoms with Gasteiger partial charge in [-0.25, -0.2) is 9.37 Å². The maximum Gasteiger partial charge on any atom is 0.219 e. The Morgan fingerprint density at radius 2 is 2.38 bits per heavy atom. The second-order valence-electron chi connectivity index (χ2n) is 5.42. The molecule has 0 bridgehead atoms. The molecule has 3 rings (SSSR count). The van der Waals surface area contributed by atoms with Gasteiger partial charge in [0, 0.05) is 26.4 Å². The van der Waals surface area contributed by atoms with E-state index in [1.807, 2.05) is 6.07 Å². The third kappa shape index (κ3) is 3.12. The van der Waals surface area contributed by atoms with E-state index in [2.05, 4.69) is 4.98 Å². The van der Waals surface area contributed by atoms with Gasteiger partial charge in [0.1, 0.15) is 11.6 Å². The second-order valence-corrected chi connectivity index (χ2v) is 5.42. The minimum atomic E-state index is -0.250. The lowest BCUT2D eigenvalue weighted by Crippen LogP contribution is -2.25. The number of hydrogen-bond donors (Lipinski definition) is 0. The summed E-state index contributed by atoms with van der Waals surface area (Å²) in [5.74, 6) is 1.39. The predicted octanol–water partition coefficient (Wildman–Crippen LogP) is 2.74. The Morgan fingerprint density at radius 3 is 3.10 bits per heavy atom. The molecule has 1 aromatic heterocycles. The van der Waals surface area contributed by atoms with Crippen molar-refractivity contribution in [3.05, 3.63) is 53.5 Å². The van der Waals surface area contributed by atoms with Crippen molar-refractivity contribution in [3.8, 4) is 0 Å². The molecule has 0 N–H and O–H groups in total. The highest BCUT2D eigenvalue weighted by atomic mass is 19.1. The molecule has 1 fully saturated rings. The Hall–Kier alpha value is -2.17. The van der Waals surface area contributed by atoms with Crippen LogP contribution in [0.4, 0.5) is 4.39 Å². The molecular formula is C16H17FN2O2. The summed E-state index contributed by atoms with van der Waals surface area (Å²) in [5.41, 5.74) is 0.856. The second kappa shape index (κ2) is 5.68. The van der Waals surface area contributed by atoms with Crippen LogP contribution in [0.3, 0.4) is 0 Å². The molecule has 110 valence electrons. The number of carbonyl (C=O) groups is 1. The van der Waals surface area contributed by atoms with Crippen LogP contribution < -0.4 is 0 Å². The van der Waals surface area contributed by atoms with Gasteiger partial charge >= 0.3 is 0 Å². The molecule has 1 atom stereocenters. The van der Waals surface area contributed by atoms with E-state index in [1.165, 1.54) is 12.1 Å². The third-order valence-corrected chi connectivity index (χ3v) is 3.82. The van der Waals surface area contributed by atoms with Gasteiger partial charge in [-0.1, -0.05) is 12.1 Å². The van der Waals surface area contributed by atoms with Crippen LogP contribution in [0.15, 0.2) is 34.9 Å². The number of likely N-dealkylation sites (tertiary alicyclic amines) is 1. The number of oxazole rings is 1. The monoisotopic (exact) mass is 288 g/mol. The number of halogens is 1. The summed E-state index contributed by atoms with van der Waals surface area (Å²) in [6.45, 7) is 2.99. The summed E-state index contributed by atoms with van der Waals surface area (Å²) in [7, 11) is 0. The Morgan fingerprint density at radius 1 is 1.52 bits per heavy atom. The molecule has 0 spiro atoms. The van der Waals surface area contributed by atoms with Gasteiger partial charge in [0.25, 0.3) is 0 Å². The van der Waals surface area contributed by atoms with Gasteiger partial charge in [-0.2, -0.15) is 0 Å². The van der Waals surface area contributed by atoms with Crippen molar-refractivity contribution in [2.24, 2.45) is 0 Å². The van der Waals surface area contributed by atoms with Gasteiger partial charge in [0.2, 0.25) is 5.91 Å². The van der Waals surface area contributed by atoms with Crippen molar-refractivity contribution >= 4 is 5.91 Å². The highest BCUT2D eigenvalue weighted by molar-refractivity contribution is 5.73. The summed E-state index contributed by atoms with van der Waals surface area (Å²) < 4.78 is 18.9. The van der Waals surface area contributed by atoms with E-state index < -0.39 is 0 Å². The fourth-order valence-corrected chi connectivity index (χ4v) is 2.69. The predicted molar refractivity (Wildman–Crippen MR) is 75.3 cm³/mol. The van der Waals surface area contributed by atoms with Crippen LogP contribution in [0.5, 0.6) is 0 Å². The normalized spacial score (nSPS) is 18.2. The molecule has 1 aliphatic rings. The number of hydrogen-bond acceptors (Lipinski definition) is 3. The van der Waals surface area contributed by atoms with Crippen molar-refractivity contribution in [2.45, 2.75) is 25.7 Å². The molecule has 5 heteroatoms. The molecule has 2 aromatic rings. The molecule has 21 heavy (non-hydrogen) atoms. The van der Waals surface area contributed by atoms with E-state index >= 15 is 0 Å². The Kier molecular flexibility index (Phi) is 3.73. The van der Waals surface area contributed by atoms with Crippen LogP contribution in [0.1, 0.15) is 36.5 Å². The van der Waals surface area contributed by atoms with Crippen LogP contribution in [0, 0.1) is 5.82 Å².